The normalized spacial score (nSPS) is 10.8. The average molecular weight is 341 g/mol. The van der Waals surface area contributed by atoms with Gasteiger partial charge in [-0.3, -0.25) is 4.79 Å². The fourth-order valence-corrected chi connectivity index (χ4v) is 2.25. The molecular formula is C18H17ClN4O. The smallest absolute Gasteiger partial charge is 0.267 e. The summed E-state index contributed by atoms with van der Waals surface area (Å²) < 4.78 is 0. The number of carbonyl (C=O) groups excluding carboxylic acids is 1. The van der Waals surface area contributed by atoms with E-state index in [1.807, 2.05) is 37.3 Å². The Morgan fingerprint density at radius 1 is 1.33 bits per heavy atom. The molecule has 5 nitrogen and oxygen atoms in total. The van der Waals surface area contributed by atoms with Crippen molar-refractivity contribution in [1.29, 1.82) is 5.26 Å². The average Bonchev–Trinajstić information content (AvgIpc) is 2.59. The molecule has 2 aromatic rings. The largest absolute Gasteiger partial charge is 0.398 e. The highest BCUT2D eigenvalue weighted by molar-refractivity contribution is 6.33. The number of aryl methyl sites for hydroxylation is 1. The lowest BCUT2D eigenvalue weighted by Crippen LogP contribution is -2.14. The van der Waals surface area contributed by atoms with Crippen molar-refractivity contribution < 1.29 is 4.79 Å². The Morgan fingerprint density at radius 2 is 2.08 bits per heavy atom. The summed E-state index contributed by atoms with van der Waals surface area (Å²) in [4.78, 5) is 12.2. The summed E-state index contributed by atoms with van der Waals surface area (Å²) in [5, 5.41) is 15.2. The van der Waals surface area contributed by atoms with Gasteiger partial charge in [-0.05, 0) is 36.2 Å². The Morgan fingerprint density at radius 3 is 2.75 bits per heavy atom. The van der Waals surface area contributed by atoms with Gasteiger partial charge in [-0.25, -0.2) is 0 Å². The van der Waals surface area contributed by atoms with Crippen molar-refractivity contribution in [2.45, 2.75) is 13.3 Å². The number of halogens is 1. The number of hydrogen-bond donors (Lipinski definition) is 3. The van der Waals surface area contributed by atoms with Crippen LogP contribution in [0.1, 0.15) is 12.5 Å². The van der Waals surface area contributed by atoms with E-state index in [4.69, 9.17) is 17.3 Å². The number of anilines is 3. The SMILES string of the molecule is CCc1ccccc1N/C=C(/C#N)C(=O)Nc1ccc(N)c(Cl)c1. The molecule has 0 radical (unpaired) electrons. The van der Waals surface area contributed by atoms with Crippen LogP contribution in [0.4, 0.5) is 17.1 Å². The van der Waals surface area contributed by atoms with Crippen LogP contribution in [-0.4, -0.2) is 5.91 Å². The Balaban J connectivity index is 2.13. The fraction of sp³-hybridized carbons (Fsp3) is 0.111. The Labute approximate surface area is 145 Å². The standard InChI is InChI=1S/C18H17ClN4O/c1-2-12-5-3-4-6-17(12)22-11-13(10-20)18(24)23-14-7-8-16(21)15(19)9-14/h3-9,11,22H,2,21H2,1H3,(H,23,24)/b13-11-. The first-order valence-electron chi connectivity index (χ1n) is 7.36. The lowest BCUT2D eigenvalue weighted by molar-refractivity contribution is -0.112. The number of hydrogen-bond acceptors (Lipinski definition) is 4. The summed E-state index contributed by atoms with van der Waals surface area (Å²) in [5.74, 6) is -0.528. The minimum atomic E-state index is -0.528. The zero-order valence-corrected chi connectivity index (χ0v) is 13.9. The number of rotatable bonds is 5. The van der Waals surface area contributed by atoms with Gasteiger partial charge in [-0.15, -0.1) is 0 Å². The van der Waals surface area contributed by atoms with Crippen LogP contribution in [0, 0.1) is 11.3 Å². The highest BCUT2D eigenvalue weighted by Crippen LogP contribution is 2.23. The second-order valence-electron chi connectivity index (χ2n) is 5.02. The summed E-state index contributed by atoms with van der Waals surface area (Å²) in [6.45, 7) is 2.03. The maximum absolute atomic E-state index is 12.2. The van der Waals surface area contributed by atoms with Crippen LogP contribution < -0.4 is 16.4 Å². The Hall–Kier alpha value is -2.97. The van der Waals surface area contributed by atoms with E-state index in [9.17, 15) is 10.1 Å². The predicted molar refractivity (Wildman–Crippen MR) is 97.6 cm³/mol. The molecule has 0 aromatic heterocycles. The maximum Gasteiger partial charge on any atom is 0.267 e. The molecule has 0 aliphatic carbocycles. The van der Waals surface area contributed by atoms with Gasteiger partial charge in [-0.1, -0.05) is 36.7 Å². The van der Waals surface area contributed by atoms with E-state index in [1.165, 1.54) is 12.3 Å². The zero-order valence-electron chi connectivity index (χ0n) is 13.1. The van der Waals surface area contributed by atoms with Crippen molar-refractivity contribution in [3.05, 3.63) is 64.8 Å². The first-order chi connectivity index (χ1) is 11.5. The zero-order chi connectivity index (χ0) is 17.5. The number of carbonyl (C=O) groups is 1. The molecule has 0 aliphatic rings. The minimum Gasteiger partial charge on any atom is -0.398 e. The molecule has 2 rings (SSSR count). The van der Waals surface area contributed by atoms with Gasteiger partial charge < -0.3 is 16.4 Å². The Bertz CT molecular complexity index is 824. The van der Waals surface area contributed by atoms with Crippen molar-refractivity contribution in [2.75, 3.05) is 16.4 Å². The molecule has 122 valence electrons. The molecule has 0 bridgehead atoms. The summed E-state index contributed by atoms with van der Waals surface area (Å²) in [6.07, 6.45) is 2.23. The number of para-hydroxylation sites is 1. The first-order valence-corrected chi connectivity index (χ1v) is 7.74. The van der Waals surface area contributed by atoms with Crippen molar-refractivity contribution in [2.24, 2.45) is 0 Å². The molecule has 0 unspecified atom stereocenters. The van der Waals surface area contributed by atoms with Crippen LogP contribution in [0.25, 0.3) is 0 Å². The van der Waals surface area contributed by atoms with Gasteiger partial charge in [0.25, 0.3) is 5.91 Å². The van der Waals surface area contributed by atoms with Crippen LogP contribution in [-0.2, 0) is 11.2 Å². The second-order valence-corrected chi connectivity index (χ2v) is 5.42. The predicted octanol–water partition coefficient (Wildman–Crippen LogP) is 3.94. The highest BCUT2D eigenvalue weighted by atomic mass is 35.5. The summed E-state index contributed by atoms with van der Waals surface area (Å²) in [7, 11) is 0. The molecule has 24 heavy (non-hydrogen) atoms. The summed E-state index contributed by atoms with van der Waals surface area (Å²) >= 11 is 5.92. The van der Waals surface area contributed by atoms with Crippen molar-refractivity contribution in [1.82, 2.24) is 0 Å². The monoisotopic (exact) mass is 340 g/mol. The second kappa shape index (κ2) is 8.04. The molecule has 2 aromatic carbocycles. The van der Waals surface area contributed by atoms with E-state index in [0.29, 0.717) is 16.4 Å². The topological polar surface area (TPSA) is 90.9 Å². The van der Waals surface area contributed by atoms with Crippen molar-refractivity contribution in [3.63, 3.8) is 0 Å². The highest BCUT2D eigenvalue weighted by Gasteiger charge is 2.10. The number of amides is 1. The molecule has 1 amide bonds. The summed E-state index contributed by atoms with van der Waals surface area (Å²) in [6, 6.07) is 14.3. The number of benzene rings is 2. The van der Waals surface area contributed by atoms with E-state index in [-0.39, 0.29) is 5.57 Å². The van der Waals surface area contributed by atoms with Crippen molar-refractivity contribution in [3.8, 4) is 6.07 Å². The number of nitrogens with two attached hydrogens (primary N) is 1. The van der Waals surface area contributed by atoms with Gasteiger partial charge in [0.2, 0.25) is 0 Å². The number of nitrogen functional groups attached to an aromatic ring is 1. The molecule has 0 spiro atoms. The van der Waals surface area contributed by atoms with Gasteiger partial charge in [0.15, 0.2) is 0 Å². The van der Waals surface area contributed by atoms with Crippen LogP contribution in [0.5, 0.6) is 0 Å². The number of nitriles is 1. The van der Waals surface area contributed by atoms with Gasteiger partial charge in [-0.2, -0.15) is 5.26 Å². The maximum atomic E-state index is 12.2. The minimum absolute atomic E-state index is 0.0474. The van der Waals surface area contributed by atoms with E-state index < -0.39 is 5.91 Å². The van der Waals surface area contributed by atoms with E-state index in [2.05, 4.69) is 10.6 Å². The molecule has 0 fully saturated rings. The van der Waals surface area contributed by atoms with Crippen LogP contribution >= 0.6 is 11.6 Å². The van der Waals surface area contributed by atoms with Gasteiger partial charge in [0.05, 0.1) is 10.7 Å². The van der Waals surface area contributed by atoms with E-state index >= 15 is 0 Å². The summed E-state index contributed by atoms with van der Waals surface area (Å²) in [5.41, 5.74) is 8.42. The molecular weight excluding hydrogens is 324 g/mol. The molecule has 4 N–H and O–H groups in total. The van der Waals surface area contributed by atoms with Gasteiger partial charge >= 0.3 is 0 Å². The van der Waals surface area contributed by atoms with E-state index in [1.54, 1.807) is 12.1 Å². The third-order valence-electron chi connectivity index (χ3n) is 3.39. The lowest BCUT2D eigenvalue weighted by atomic mass is 10.1. The molecule has 6 heteroatoms. The molecule has 0 heterocycles. The molecule has 0 saturated heterocycles. The van der Waals surface area contributed by atoms with Crippen LogP contribution in [0.2, 0.25) is 5.02 Å². The third-order valence-corrected chi connectivity index (χ3v) is 3.72. The van der Waals surface area contributed by atoms with E-state index in [0.717, 1.165) is 17.7 Å². The van der Waals surface area contributed by atoms with Gasteiger partial charge in [0, 0.05) is 17.6 Å². The number of nitrogens with one attached hydrogen (secondary N) is 2. The van der Waals surface area contributed by atoms with Crippen molar-refractivity contribution >= 4 is 34.6 Å². The van der Waals surface area contributed by atoms with Gasteiger partial charge in [0.1, 0.15) is 11.6 Å². The molecule has 0 saturated carbocycles. The molecule has 0 aliphatic heterocycles. The number of nitrogens with zero attached hydrogens (tertiary/aromatic N) is 1. The fourth-order valence-electron chi connectivity index (χ4n) is 2.07. The molecule has 0 atom stereocenters. The van der Waals surface area contributed by atoms with Crippen LogP contribution in [0.15, 0.2) is 54.2 Å². The third kappa shape index (κ3) is 4.28. The van der Waals surface area contributed by atoms with Crippen LogP contribution in [0.3, 0.4) is 0 Å². The Kier molecular flexibility index (Phi) is 5.83. The lowest BCUT2D eigenvalue weighted by Gasteiger charge is -2.09. The quantitative estimate of drug-likeness (QED) is 0.436. The first kappa shape index (κ1) is 17.4.